The molecule has 0 spiro atoms. The van der Waals surface area contributed by atoms with E-state index < -0.39 is 71.2 Å². The Morgan fingerprint density at radius 3 is 2.11 bits per heavy atom. The van der Waals surface area contributed by atoms with Gasteiger partial charge in [0, 0.05) is 5.92 Å². The number of likely N-dealkylation sites (tertiary alicyclic amines) is 2. The zero-order valence-corrected chi connectivity index (χ0v) is 18.5. The van der Waals surface area contributed by atoms with Crippen LogP contribution >= 0.6 is 0 Å². The number of hydrogen-bond donors (Lipinski definition) is 3. The largest absolute Gasteiger partial charge is 0.504 e. The molecule has 8 amide bonds. The third-order valence-corrected chi connectivity index (χ3v) is 7.65. The molecule has 2 aliphatic carbocycles. The van der Waals surface area contributed by atoms with E-state index in [9.17, 15) is 33.9 Å². The second-order valence-electron chi connectivity index (χ2n) is 9.16. The van der Waals surface area contributed by atoms with Gasteiger partial charge in [-0.3, -0.25) is 19.2 Å². The summed E-state index contributed by atoms with van der Waals surface area (Å²) in [6.45, 7) is 0. The standard InChI is InChI=1S/C23H22N4O8/c1-35-14-6-8(2-5-13(14)28)15-9-3-4-10-16(20(31)26(18(10)29)22(24)33)11(9)7-12-17(15)21(32)27(19(12)30)23(25)34/h2-3,5-6,10-12,15-17,28H,4,7H2,1H3,(H2,24,33)(H2,25,34)/t10-,11+,12+,15-,16-,17+/m0/s1. The molecule has 1 saturated carbocycles. The summed E-state index contributed by atoms with van der Waals surface area (Å²) in [5.74, 6) is -8.12. The Morgan fingerprint density at radius 1 is 0.914 bits per heavy atom. The maximum Gasteiger partial charge on any atom is 0.328 e. The van der Waals surface area contributed by atoms with Crippen LogP contribution in [0.5, 0.6) is 11.5 Å². The van der Waals surface area contributed by atoms with Crippen LogP contribution in [0.4, 0.5) is 9.59 Å². The van der Waals surface area contributed by atoms with E-state index in [1.54, 1.807) is 12.1 Å². The van der Waals surface area contributed by atoms with Gasteiger partial charge in [-0.25, -0.2) is 9.59 Å². The molecular weight excluding hydrogens is 460 g/mol. The number of amides is 8. The van der Waals surface area contributed by atoms with Crippen LogP contribution in [-0.4, -0.2) is 57.7 Å². The maximum atomic E-state index is 13.3. The van der Waals surface area contributed by atoms with Gasteiger partial charge >= 0.3 is 12.1 Å². The number of aromatic hydroxyl groups is 1. The number of benzene rings is 1. The molecule has 0 bridgehead atoms. The monoisotopic (exact) mass is 482 g/mol. The average molecular weight is 482 g/mol. The van der Waals surface area contributed by atoms with Crippen LogP contribution in [0.25, 0.3) is 0 Å². The summed E-state index contributed by atoms with van der Waals surface area (Å²) in [4.78, 5) is 76.9. The Morgan fingerprint density at radius 2 is 1.51 bits per heavy atom. The maximum absolute atomic E-state index is 13.3. The van der Waals surface area contributed by atoms with E-state index in [2.05, 4.69) is 0 Å². The number of allylic oxidation sites excluding steroid dienone is 2. The molecule has 6 atom stereocenters. The summed E-state index contributed by atoms with van der Waals surface area (Å²) in [5, 5.41) is 10.1. The molecule has 0 radical (unpaired) electrons. The van der Waals surface area contributed by atoms with Crippen LogP contribution in [0, 0.1) is 29.6 Å². The molecule has 1 aromatic rings. The molecule has 35 heavy (non-hydrogen) atoms. The van der Waals surface area contributed by atoms with Crippen LogP contribution in [0.1, 0.15) is 24.3 Å². The molecule has 0 aromatic heterocycles. The number of nitrogens with zero attached hydrogens (tertiary/aromatic N) is 2. The number of carbonyl (C=O) groups excluding carboxylic acids is 6. The molecule has 2 heterocycles. The van der Waals surface area contributed by atoms with Crippen LogP contribution in [0.3, 0.4) is 0 Å². The van der Waals surface area contributed by atoms with Crippen LogP contribution in [-0.2, 0) is 19.2 Å². The van der Waals surface area contributed by atoms with Crippen molar-refractivity contribution in [2.75, 3.05) is 7.11 Å². The number of phenols is 1. The van der Waals surface area contributed by atoms with Crippen molar-refractivity contribution in [1.29, 1.82) is 0 Å². The molecule has 3 fully saturated rings. The number of ether oxygens (including phenoxy) is 1. The van der Waals surface area contributed by atoms with E-state index in [-0.39, 0.29) is 24.3 Å². The molecule has 12 nitrogen and oxygen atoms in total. The summed E-state index contributed by atoms with van der Waals surface area (Å²) in [6, 6.07) is 2.10. The highest BCUT2D eigenvalue weighted by Gasteiger charge is 2.63. The Labute approximate surface area is 198 Å². The van der Waals surface area contributed by atoms with E-state index in [1.807, 2.05) is 0 Å². The first-order valence-electron chi connectivity index (χ1n) is 11.0. The molecule has 2 saturated heterocycles. The second kappa shape index (κ2) is 7.65. The number of hydrogen-bond acceptors (Lipinski definition) is 8. The zero-order valence-electron chi connectivity index (χ0n) is 18.5. The van der Waals surface area contributed by atoms with Gasteiger partial charge in [0.15, 0.2) is 11.5 Å². The molecule has 5 rings (SSSR count). The minimum Gasteiger partial charge on any atom is -0.504 e. The van der Waals surface area contributed by atoms with E-state index in [4.69, 9.17) is 16.2 Å². The van der Waals surface area contributed by atoms with Crippen molar-refractivity contribution in [1.82, 2.24) is 9.80 Å². The van der Waals surface area contributed by atoms with E-state index in [1.165, 1.54) is 19.2 Å². The first-order chi connectivity index (χ1) is 16.6. The minimum absolute atomic E-state index is 0.0172. The summed E-state index contributed by atoms with van der Waals surface area (Å²) in [5.41, 5.74) is 11.8. The Kier molecular flexibility index (Phi) is 4.93. The molecule has 1 aromatic carbocycles. The summed E-state index contributed by atoms with van der Waals surface area (Å²) >= 11 is 0. The SMILES string of the molecule is COc1cc([C@H]2C3=CC[C@@H]4C(=O)N(C(N)=O)C(=O)[C@@H]4[C@@H]3C[C@H]3C(=O)N(C(N)=O)C(=O)[C@@H]23)ccc1O. The highest BCUT2D eigenvalue weighted by molar-refractivity contribution is 6.18. The summed E-state index contributed by atoms with van der Waals surface area (Å²) in [6.07, 6.45) is 1.91. The van der Waals surface area contributed by atoms with Crippen molar-refractivity contribution >= 4 is 35.7 Å². The quantitative estimate of drug-likeness (QED) is 0.393. The fraction of sp³-hybridized carbons (Fsp3) is 0.391. The van der Waals surface area contributed by atoms with E-state index in [0.29, 0.717) is 20.9 Å². The average Bonchev–Trinajstić information content (AvgIpc) is 3.22. The van der Waals surface area contributed by atoms with Crippen molar-refractivity contribution in [3.05, 3.63) is 35.4 Å². The van der Waals surface area contributed by atoms with Crippen molar-refractivity contribution in [2.24, 2.45) is 41.1 Å². The van der Waals surface area contributed by atoms with Gasteiger partial charge in [0.25, 0.3) is 0 Å². The zero-order chi connectivity index (χ0) is 25.3. The second-order valence-corrected chi connectivity index (χ2v) is 9.16. The number of fused-ring (bicyclic) bond motifs is 4. The normalized spacial score (nSPS) is 31.6. The van der Waals surface area contributed by atoms with Crippen molar-refractivity contribution < 1.29 is 38.6 Å². The van der Waals surface area contributed by atoms with Crippen LogP contribution in [0.15, 0.2) is 29.8 Å². The fourth-order valence-electron chi connectivity index (χ4n) is 6.29. The topological polar surface area (TPSA) is 190 Å². The van der Waals surface area contributed by atoms with E-state index >= 15 is 0 Å². The summed E-state index contributed by atoms with van der Waals surface area (Å²) in [7, 11) is 1.36. The van der Waals surface area contributed by atoms with Gasteiger partial charge < -0.3 is 21.3 Å². The van der Waals surface area contributed by atoms with Gasteiger partial charge in [0.1, 0.15) is 0 Å². The molecule has 5 N–H and O–H groups in total. The number of phenolic OH excluding ortho intramolecular Hbond substituents is 1. The highest BCUT2D eigenvalue weighted by Crippen LogP contribution is 2.58. The number of rotatable bonds is 2. The molecule has 2 aliphatic heterocycles. The van der Waals surface area contributed by atoms with E-state index in [0.717, 1.165) is 0 Å². The first kappa shape index (κ1) is 22.6. The third kappa shape index (κ3) is 2.98. The lowest BCUT2D eigenvalue weighted by Gasteiger charge is -2.44. The lowest BCUT2D eigenvalue weighted by molar-refractivity contribution is -0.138. The molecule has 12 heteroatoms. The Bertz CT molecular complexity index is 1260. The summed E-state index contributed by atoms with van der Waals surface area (Å²) < 4.78 is 5.21. The van der Waals surface area contributed by atoms with Gasteiger partial charge in [-0.2, -0.15) is 9.80 Å². The Balaban J connectivity index is 1.67. The van der Waals surface area contributed by atoms with Gasteiger partial charge in [0.2, 0.25) is 23.6 Å². The third-order valence-electron chi connectivity index (χ3n) is 7.65. The fourth-order valence-corrected chi connectivity index (χ4v) is 6.29. The number of carbonyl (C=O) groups is 6. The smallest absolute Gasteiger partial charge is 0.328 e. The van der Waals surface area contributed by atoms with Gasteiger partial charge in [-0.05, 0) is 36.5 Å². The van der Waals surface area contributed by atoms with Crippen LogP contribution in [0.2, 0.25) is 0 Å². The molecular formula is C23H22N4O8. The molecule has 4 aliphatic rings. The number of imide groups is 6. The van der Waals surface area contributed by atoms with Crippen molar-refractivity contribution in [3.63, 3.8) is 0 Å². The van der Waals surface area contributed by atoms with Gasteiger partial charge in [-0.1, -0.05) is 17.7 Å². The number of nitrogens with two attached hydrogens (primary N) is 2. The lowest BCUT2D eigenvalue weighted by Crippen LogP contribution is -2.44. The molecule has 182 valence electrons. The Hall–Kier alpha value is -4.22. The minimum atomic E-state index is -1.20. The predicted octanol–water partition coefficient (Wildman–Crippen LogP) is 0.194. The predicted molar refractivity (Wildman–Crippen MR) is 115 cm³/mol. The number of methoxy groups -OCH3 is 1. The molecule has 0 unspecified atom stereocenters. The first-order valence-corrected chi connectivity index (χ1v) is 11.0. The van der Waals surface area contributed by atoms with Gasteiger partial charge in [0.05, 0.1) is 30.8 Å². The number of primary amides is 2. The van der Waals surface area contributed by atoms with Crippen LogP contribution < -0.4 is 16.2 Å². The highest BCUT2D eigenvalue weighted by atomic mass is 16.5. The van der Waals surface area contributed by atoms with Crippen molar-refractivity contribution in [2.45, 2.75) is 18.8 Å². The van der Waals surface area contributed by atoms with Crippen molar-refractivity contribution in [3.8, 4) is 11.5 Å². The lowest BCUT2D eigenvalue weighted by atomic mass is 9.57. The number of urea groups is 2. The van der Waals surface area contributed by atoms with Gasteiger partial charge in [-0.15, -0.1) is 0 Å².